The smallest absolute Gasteiger partial charge is 0.269 e. The number of aromatic nitrogens is 4. The molecule has 0 bridgehead atoms. The second-order valence-corrected chi connectivity index (χ2v) is 22.9. The topological polar surface area (TPSA) is 35.9 Å². The van der Waals surface area contributed by atoms with E-state index in [1.54, 1.807) is 0 Å². The SMILES string of the molecule is [2H]c1c([2H])c([2H])c(-c2cccc(-c3cc(C(C)(C)C)cc(C(C)(C)C)c3)c2-[n+]2[c-]n(-c3cccc(Oc4ccc5c6ccccc6n(-c6cc(CC(C)(C)c7ccccc7)ccn6)c5c4)c3)c3ccc(-c4ccccc4)cc32)c([2H])c1[2H]. The fourth-order valence-electron chi connectivity index (χ4n) is 10.8. The van der Waals surface area contributed by atoms with Crippen LogP contribution in [0, 0.1) is 6.33 Å². The van der Waals surface area contributed by atoms with Gasteiger partial charge in [-0.3, -0.25) is 13.7 Å². The van der Waals surface area contributed by atoms with Gasteiger partial charge in [-0.05, 0) is 133 Å². The Balaban J connectivity index is 1.03. The summed E-state index contributed by atoms with van der Waals surface area (Å²) in [5, 5.41) is 2.21. The Morgan fingerprint density at radius 2 is 1.17 bits per heavy atom. The minimum atomic E-state index is -0.446. The van der Waals surface area contributed by atoms with E-state index in [4.69, 9.17) is 13.8 Å². The fraction of sp³-hybridized carbons (Fsp3) is 0.167. The van der Waals surface area contributed by atoms with Crippen molar-refractivity contribution >= 4 is 32.8 Å². The maximum Gasteiger partial charge on any atom is 0.269 e. The maximum absolute atomic E-state index is 9.38. The second kappa shape index (κ2) is 19.4. The van der Waals surface area contributed by atoms with Crippen LogP contribution >= 0.6 is 0 Å². The third-order valence-corrected chi connectivity index (χ3v) is 15.0. The van der Waals surface area contributed by atoms with Crippen molar-refractivity contribution in [1.82, 2.24) is 14.1 Å². The average Bonchev–Trinajstić information content (AvgIpc) is 2.21. The predicted octanol–water partition coefficient (Wildman–Crippen LogP) is 18.1. The number of benzene rings is 9. The zero-order chi connectivity index (χ0) is 57.4. The molecule has 0 saturated carbocycles. The summed E-state index contributed by atoms with van der Waals surface area (Å²) in [6, 6.07) is 65.0. The number of rotatable bonds is 11. The van der Waals surface area contributed by atoms with Gasteiger partial charge in [0.2, 0.25) is 0 Å². The van der Waals surface area contributed by atoms with Crippen molar-refractivity contribution in [3.8, 4) is 62.1 Å². The van der Waals surface area contributed by atoms with Crippen LogP contribution in [0.25, 0.3) is 83.4 Å². The number of ether oxygens (including phenoxy) is 1. The highest BCUT2D eigenvalue weighted by atomic mass is 16.5. The Labute approximate surface area is 460 Å². The largest absolute Gasteiger partial charge is 0.458 e. The number of pyridine rings is 1. The van der Waals surface area contributed by atoms with Crippen molar-refractivity contribution in [2.24, 2.45) is 0 Å². The van der Waals surface area contributed by atoms with E-state index >= 15 is 0 Å². The summed E-state index contributed by atoms with van der Waals surface area (Å²) < 4.78 is 58.2. The van der Waals surface area contributed by atoms with Gasteiger partial charge in [-0.15, -0.1) is 0 Å². The highest BCUT2D eigenvalue weighted by Crippen LogP contribution is 2.41. The molecule has 0 N–H and O–H groups in total. The third kappa shape index (κ3) is 9.52. The van der Waals surface area contributed by atoms with Crippen LogP contribution in [0.2, 0.25) is 0 Å². The van der Waals surface area contributed by atoms with Gasteiger partial charge in [0.25, 0.3) is 6.33 Å². The molecule has 0 amide bonds. The summed E-state index contributed by atoms with van der Waals surface area (Å²) in [5.74, 6) is 2.10. The summed E-state index contributed by atoms with van der Waals surface area (Å²) in [7, 11) is 0. The summed E-state index contributed by atoms with van der Waals surface area (Å²) in [6.07, 6.45) is 6.54. The summed E-state index contributed by atoms with van der Waals surface area (Å²) in [4.78, 5) is 4.98. The van der Waals surface area contributed by atoms with Gasteiger partial charge in [-0.1, -0.05) is 219 Å². The van der Waals surface area contributed by atoms with Crippen LogP contribution in [0.15, 0.2) is 231 Å². The molecule has 12 rings (SSSR count). The minimum absolute atomic E-state index is 0.0942. The molecule has 378 valence electrons. The minimum Gasteiger partial charge on any atom is -0.458 e. The molecule has 0 atom stereocenters. The Hall–Kier alpha value is -8.80. The van der Waals surface area contributed by atoms with Crippen molar-refractivity contribution in [3.05, 3.63) is 259 Å². The van der Waals surface area contributed by atoms with Crippen molar-refractivity contribution in [3.63, 3.8) is 0 Å². The third-order valence-electron chi connectivity index (χ3n) is 15.0. The molecular weight excluding hydrogens is 937 g/mol. The lowest BCUT2D eigenvalue weighted by atomic mass is 9.78. The molecule has 12 aromatic rings. The summed E-state index contributed by atoms with van der Waals surface area (Å²) >= 11 is 0. The first kappa shape index (κ1) is 43.4. The zero-order valence-corrected chi connectivity index (χ0v) is 45.0. The number of hydrogen-bond acceptors (Lipinski definition) is 2. The monoisotopic (exact) mass is 1010 g/mol. The molecule has 0 aliphatic rings. The molecule has 5 nitrogen and oxygen atoms in total. The Morgan fingerprint density at radius 3 is 1.91 bits per heavy atom. The van der Waals surface area contributed by atoms with Gasteiger partial charge in [-0.2, -0.15) is 0 Å². The first-order valence-corrected chi connectivity index (χ1v) is 26.5. The van der Waals surface area contributed by atoms with Crippen LogP contribution in [0.3, 0.4) is 0 Å². The van der Waals surface area contributed by atoms with Crippen LogP contribution in [0.5, 0.6) is 11.5 Å². The molecule has 0 spiro atoms. The van der Waals surface area contributed by atoms with Crippen LogP contribution in [0.1, 0.15) is 84.5 Å². The predicted molar refractivity (Wildman–Crippen MR) is 319 cm³/mol. The molecule has 9 aromatic carbocycles. The molecule has 3 aromatic heterocycles. The molecule has 0 unspecified atom stereocenters. The molecule has 0 fully saturated rings. The van der Waals surface area contributed by atoms with Gasteiger partial charge in [0.05, 0.1) is 40.3 Å². The number of hydrogen-bond donors (Lipinski definition) is 0. The van der Waals surface area contributed by atoms with E-state index in [0.717, 1.165) is 84.1 Å². The Bertz CT molecular complexity index is 4390. The van der Waals surface area contributed by atoms with E-state index in [-0.39, 0.29) is 33.9 Å². The number of para-hydroxylation sites is 2. The van der Waals surface area contributed by atoms with E-state index < -0.39 is 18.1 Å². The summed E-state index contributed by atoms with van der Waals surface area (Å²) in [6.45, 7) is 17.9. The van der Waals surface area contributed by atoms with E-state index in [2.05, 4.69) is 200 Å². The van der Waals surface area contributed by atoms with Gasteiger partial charge in [0.1, 0.15) is 17.3 Å². The number of nitrogens with zero attached hydrogens (tertiary/aromatic N) is 4. The standard InChI is InChI=1S/C72H64N4O/c1-70(2,3)55-41-53(42-56(44-55)71(4,5)6)61-32-21-31-60(51-24-14-10-15-25-51)69(61)75-48-74(65-37-34-52(43-67(65)75)50-22-12-9-13-23-50)57-28-20-29-58(45-57)77-59-35-36-63-62-30-18-19-33-64(62)76(66(63)46-59)68-40-49(38-39-73-68)47-72(7,8)54-26-16-11-17-27-54/h9-46H,47H2,1-8H3/i10D,14D,15D,24D,25D. The molecule has 0 radical (unpaired) electrons. The Kier molecular flexibility index (Phi) is 10.9. The van der Waals surface area contributed by atoms with Crippen molar-refractivity contribution in [2.45, 2.75) is 78.1 Å². The van der Waals surface area contributed by atoms with Crippen molar-refractivity contribution < 1.29 is 16.2 Å². The van der Waals surface area contributed by atoms with Crippen LogP contribution in [-0.4, -0.2) is 14.1 Å². The molecule has 77 heavy (non-hydrogen) atoms. The molecule has 0 saturated heterocycles. The second-order valence-electron chi connectivity index (χ2n) is 22.9. The molecule has 5 heteroatoms. The van der Waals surface area contributed by atoms with Gasteiger partial charge < -0.3 is 4.74 Å². The number of imidazole rings is 1. The van der Waals surface area contributed by atoms with Crippen LogP contribution in [0.4, 0.5) is 0 Å². The zero-order valence-electron chi connectivity index (χ0n) is 50.0. The average molecular weight is 1010 g/mol. The maximum atomic E-state index is 9.38. The van der Waals surface area contributed by atoms with Crippen LogP contribution in [-0.2, 0) is 22.7 Å². The quantitative estimate of drug-likeness (QED) is 0.0956. The summed E-state index contributed by atoms with van der Waals surface area (Å²) in [5.41, 5.74) is 13.6. The van der Waals surface area contributed by atoms with E-state index in [0.29, 0.717) is 22.7 Å². The van der Waals surface area contributed by atoms with Gasteiger partial charge in [-0.25, -0.2) is 4.98 Å². The van der Waals surface area contributed by atoms with Gasteiger partial charge in [0.15, 0.2) is 0 Å². The first-order chi connectivity index (χ1) is 39.2. The molecular formula is C72H64N4O. The van der Waals surface area contributed by atoms with E-state index in [1.807, 2.05) is 76.0 Å². The molecule has 0 aliphatic heterocycles. The highest BCUT2D eigenvalue weighted by Gasteiger charge is 2.26. The lowest BCUT2D eigenvalue weighted by molar-refractivity contribution is -0.571. The van der Waals surface area contributed by atoms with Gasteiger partial charge in [0, 0.05) is 23.0 Å². The molecule has 0 aliphatic carbocycles. The van der Waals surface area contributed by atoms with E-state index in [1.165, 1.54) is 11.1 Å². The van der Waals surface area contributed by atoms with Crippen LogP contribution < -0.4 is 9.30 Å². The molecule has 3 heterocycles. The van der Waals surface area contributed by atoms with Crippen molar-refractivity contribution in [1.29, 1.82) is 0 Å². The first-order valence-electron chi connectivity index (χ1n) is 29.0. The van der Waals surface area contributed by atoms with Crippen molar-refractivity contribution in [2.75, 3.05) is 0 Å². The fourth-order valence-corrected chi connectivity index (χ4v) is 10.8. The highest BCUT2D eigenvalue weighted by molar-refractivity contribution is 6.09. The normalized spacial score (nSPS) is 13.1. The lowest BCUT2D eigenvalue weighted by Gasteiger charge is -2.27. The lowest BCUT2D eigenvalue weighted by Crippen LogP contribution is -2.31. The Morgan fingerprint density at radius 1 is 0.506 bits per heavy atom. The van der Waals surface area contributed by atoms with E-state index in [9.17, 15) is 2.74 Å². The van der Waals surface area contributed by atoms with Gasteiger partial charge >= 0.3 is 0 Å². The number of fused-ring (bicyclic) bond motifs is 4.